The second-order valence-corrected chi connectivity index (χ2v) is 9.04. The van der Waals surface area contributed by atoms with Crippen LogP contribution < -0.4 is 9.80 Å². The van der Waals surface area contributed by atoms with Crippen molar-refractivity contribution < 1.29 is 4.52 Å². The Morgan fingerprint density at radius 1 is 0.966 bits per heavy atom. The largest absolute Gasteiger partial charge is 0.370 e. The number of rotatable bonds is 3. The third-order valence-corrected chi connectivity index (χ3v) is 6.24. The summed E-state index contributed by atoms with van der Waals surface area (Å²) in [6, 6.07) is 9.70. The molecule has 2 fully saturated rings. The van der Waals surface area contributed by atoms with Gasteiger partial charge < -0.3 is 14.3 Å². The van der Waals surface area contributed by atoms with Gasteiger partial charge in [-0.05, 0) is 43.2 Å². The fraction of sp³-hybridized carbons (Fsp3) is 0.350. The Morgan fingerprint density at radius 2 is 1.72 bits per heavy atom. The summed E-state index contributed by atoms with van der Waals surface area (Å²) in [7, 11) is 0. The van der Waals surface area contributed by atoms with Crippen molar-refractivity contribution in [3.05, 3.63) is 51.7 Å². The van der Waals surface area contributed by atoms with Gasteiger partial charge in [0, 0.05) is 59.1 Å². The molecule has 150 valence electrons. The summed E-state index contributed by atoms with van der Waals surface area (Å²) >= 11 is 18.2. The zero-order valence-electron chi connectivity index (χ0n) is 15.5. The SMILES string of the molecule is Clc1cc(Cl)cc(-c2noc(N3CCCC4(CN(c5ccnc(Cl)c5)C4)C3)n2)c1. The predicted octanol–water partition coefficient (Wildman–Crippen LogP) is 5.20. The second kappa shape index (κ2) is 7.35. The number of halogens is 3. The van der Waals surface area contributed by atoms with Gasteiger partial charge in [0.2, 0.25) is 5.82 Å². The first-order valence-corrected chi connectivity index (χ1v) is 10.5. The van der Waals surface area contributed by atoms with Crippen LogP contribution in [0.3, 0.4) is 0 Å². The first-order chi connectivity index (χ1) is 14.0. The number of hydrogen-bond acceptors (Lipinski definition) is 6. The summed E-state index contributed by atoms with van der Waals surface area (Å²) in [5, 5.41) is 5.74. The number of pyridine rings is 1. The Bertz CT molecular complexity index is 1030. The summed E-state index contributed by atoms with van der Waals surface area (Å²) in [4.78, 5) is 13.2. The predicted molar refractivity (Wildman–Crippen MR) is 115 cm³/mol. The lowest BCUT2D eigenvalue weighted by molar-refractivity contribution is 0.169. The number of benzene rings is 1. The van der Waals surface area contributed by atoms with Crippen LogP contribution in [0, 0.1) is 5.41 Å². The molecule has 0 N–H and O–H groups in total. The smallest absolute Gasteiger partial charge is 0.324 e. The highest BCUT2D eigenvalue weighted by atomic mass is 35.5. The number of anilines is 2. The molecule has 0 atom stereocenters. The van der Waals surface area contributed by atoms with Gasteiger partial charge in [-0.2, -0.15) is 4.98 Å². The van der Waals surface area contributed by atoms with Gasteiger partial charge in [0.1, 0.15) is 5.15 Å². The first kappa shape index (κ1) is 19.0. The highest BCUT2D eigenvalue weighted by Gasteiger charge is 2.46. The van der Waals surface area contributed by atoms with Crippen molar-refractivity contribution in [3.8, 4) is 11.4 Å². The third-order valence-electron chi connectivity index (χ3n) is 5.60. The zero-order chi connectivity index (χ0) is 20.0. The van der Waals surface area contributed by atoms with Crippen LogP contribution in [0.2, 0.25) is 15.2 Å². The lowest BCUT2D eigenvalue weighted by Crippen LogP contribution is -2.63. The van der Waals surface area contributed by atoms with Crippen molar-refractivity contribution in [2.45, 2.75) is 12.8 Å². The van der Waals surface area contributed by atoms with Crippen LogP contribution in [0.15, 0.2) is 41.1 Å². The highest BCUT2D eigenvalue weighted by Crippen LogP contribution is 2.42. The van der Waals surface area contributed by atoms with E-state index in [4.69, 9.17) is 39.3 Å². The third kappa shape index (κ3) is 3.77. The molecule has 2 aromatic heterocycles. The number of nitrogens with zero attached hydrogens (tertiary/aromatic N) is 5. The second-order valence-electron chi connectivity index (χ2n) is 7.78. The molecular formula is C20H18Cl3N5O. The van der Waals surface area contributed by atoms with Gasteiger partial charge in [0.05, 0.1) is 0 Å². The van der Waals surface area contributed by atoms with Crippen molar-refractivity contribution in [2.24, 2.45) is 5.41 Å². The van der Waals surface area contributed by atoms with E-state index in [-0.39, 0.29) is 5.41 Å². The van der Waals surface area contributed by atoms with Gasteiger partial charge >= 0.3 is 6.01 Å². The van der Waals surface area contributed by atoms with Crippen LogP contribution in [-0.2, 0) is 0 Å². The maximum Gasteiger partial charge on any atom is 0.324 e. The van der Waals surface area contributed by atoms with Gasteiger partial charge in [-0.1, -0.05) is 40.0 Å². The Labute approximate surface area is 183 Å². The minimum absolute atomic E-state index is 0.224. The Morgan fingerprint density at radius 3 is 2.48 bits per heavy atom. The van der Waals surface area contributed by atoms with Crippen LogP contribution in [0.25, 0.3) is 11.4 Å². The van der Waals surface area contributed by atoms with E-state index in [1.807, 2.05) is 12.1 Å². The molecule has 0 bridgehead atoms. The van der Waals surface area contributed by atoms with E-state index in [1.54, 1.807) is 24.4 Å². The molecule has 29 heavy (non-hydrogen) atoms. The Kier molecular flexibility index (Phi) is 4.81. The molecule has 1 aromatic carbocycles. The standard InChI is InChI=1S/C20H18Cl3N5O/c21-14-6-13(7-15(22)8-14)18-25-19(29-26-18)27-5-1-3-20(10-27)11-28(12-20)16-2-4-24-17(23)9-16/h2,4,6-9H,1,3,5,10-12H2. The molecule has 0 aliphatic carbocycles. The van der Waals surface area contributed by atoms with Crippen molar-refractivity contribution >= 4 is 46.5 Å². The van der Waals surface area contributed by atoms with Gasteiger partial charge in [-0.15, -0.1) is 0 Å². The van der Waals surface area contributed by atoms with E-state index < -0.39 is 0 Å². The summed E-state index contributed by atoms with van der Waals surface area (Å²) in [6.07, 6.45) is 4.02. The maximum atomic E-state index is 6.10. The van der Waals surface area contributed by atoms with E-state index >= 15 is 0 Å². The molecule has 2 saturated heterocycles. The molecule has 6 nitrogen and oxygen atoms in total. The molecule has 4 heterocycles. The topological polar surface area (TPSA) is 58.3 Å². The maximum absolute atomic E-state index is 6.10. The molecule has 5 rings (SSSR count). The molecule has 0 amide bonds. The average Bonchev–Trinajstić information content (AvgIpc) is 3.16. The van der Waals surface area contributed by atoms with E-state index in [2.05, 4.69) is 24.9 Å². The highest BCUT2D eigenvalue weighted by molar-refractivity contribution is 6.35. The summed E-state index contributed by atoms with van der Waals surface area (Å²) in [6.45, 7) is 3.75. The first-order valence-electron chi connectivity index (χ1n) is 9.41. The van der Waals surface area contributed by atoms with Crippen molar-refractivity contribution in [1.82, 2.24) is 15.1 Å². The molecule has 2 aliphatic rings. The number of aromatic nitrogens is 3. The molecule has 0 unspecified atom stereocenters. The van der Waals surface area contributed by atoms with Crippen molar-refractivity contribution in [2.75, 3.05) is 36.0 Å². The minimum atomic E-state index is 0.224. The van der Waals surface area contributed by atoms with Crippen LogP contribution in [-0.4, -0.2) is 41.3 Å². The number of piperidine rings is 1. The lowest BCUT2D eigenvalue weighted by atomic mass is 9.73. The molecule has 3 aromatic rings. The Balaban J connectivity index is 1.30. The molecular weight excluding hydrogens is 433 g/mol. The molecule has 2 aliphatic heterocycles. The fourth-order valence-electron chi connectivity index (χ4n) is 4.31. The summed E-state index contributed by atoms with van der Waals surface area (Å²) in [5.74, 6) is 0.491. The molecule has 0 saturated carbocycles. The van der Waals surface area contributed by atoms with Crippen LogP contribution >= 0.6 is 34.8 Å². The van der Waals surface area contributed by atoms with E-state index in [1.165, 1.54) is 6.42 Å². The van der Waals surface area contributed by atoms with Gasteiger partial charge in [-0.25, -0.2) is 4.98 Å². The van der Waals surface area contributed by atoms with Crippen molar-refractivity contribution in [3.63, 3.8) is 0 Å². The Hall–Kier alpha value is -2.02. The average molecular weight is 451 g/mol. The van der Waals surface area contributed by atoms with Crippen LogP contribution in [0.4, 0.5) is 11.7 Å². The molecule has 1 spiro atoms. The van der Waals surface area contributed by atoms with Crippen LogP contribution in [0.5, 0.6) is 0 Å². The van der Waals surface area contributed by atoms with Gasteiger partial charge in [-0.3, -0.25) is 0 Å². The lowest BCUT2D eigenvalue weighted by Gasteiger charge is -2.55. The zero-order valence-corrected chi connectivity index (χ0v) is 17.8. The quantitative estimate of drug-likeness (QED) is 0.511. The monoisotopic (exact) mass is 449 g/mol. The molecule has 0 radical (unpaired) electrons. The number of hydrogen-bond donors (Lipinski definition) is 0. The van der Waals surface area contributed by atoms with E-state index in [0.29, 0.717) is 27.0 Å². The summed E-state index contributed by atoms with van der Waals surface area (Å²) < 4.78 is 5.57. The summed E-state index contributed by atoms with van der Waals surface area (Å²) in [5.41, 5.74) is 2.08. The van der Waals surface area contributed by atoms with Crippen LogP contribution in [0.1, 0.15) is 12.8 Å². The minimum Gasteiger partial charge on any atom is -0.370 e. The van der Waals surface area contributed by atoms with Gasteiger partial charge in [0.15, 0.2) is 0 Å². The molecule has 9 heteroatoms. The van der Waals surface area contributed by atoms with E-state index in [0.717, 1.165) is 43.9 Å². The fourth-order valence-corrected chi connectivity index (χ4v) is 5.00. The normalized spacial score (nSPS) is 18.2. The van der Waals surface area contributed by atoms with Crippen molar-refractivity contribution in [1.29, 1.82) is 0 Å². The van der Waals surface area contributed by atoms with Gasteiger partial charge in [0.25, 0.3) is 0 Å². The van der Waals surface area contributed by atoms with E-state index in [9.17, 15) is 0 Å².